The first-order valence-electron chi connectivity index (χ1n) is 7.82. The fourth-order valence-corrected chi connectivity index (χ4v) is 2.63. The van der Waals surface area contributed by atoms with E-state index in [1.54, 1.807) is 0 Å². The molecule has 1 saturated carbocycles. The molecule has 1 heterocycles. The summed E-state index contributed by atoms with van der Waals surface area (Å²) in [6, 6.07) is 0.897. The van der Waals surface area contributed by atoms with Crippen LogP contribution in [0.3, 0.4) is 0 Å². The molecule has 3 nitrogen and oxygen atoms in total. The Morgan fingerprint density at radius 2 is 2.06 bits per heavy atom. The third-order valence-electron chi connectivity index (χ3n) is 4.03. The fourth-order valence-electron chi connectivity index (χ4n) is 2.63. The highest BCUT2D eigenvalue weighted by atomic mass is 16.5. The second-order valence-corrected chi connectivity index (χ2v) is 6.29. The van der Waals surface area contributed by atoms with Crippen LogP contribution in [-0.4, -0.2) is 49.8 Å². The molecule has 0 bridgehead atoms. The number of ether oxygens (including phenoxy) is 1. The maximum absolute atomic E-state index is 5.62. The lowest BCUT2D eigenvalue weighted by Crippen LogP contribution is -2.37. The molecular weight excluding hydrogens is 224 g/mol. The van der Waals surface area contributed by atoms with E-state index in [0.29, 0.717) is 6.10 Å². The predicted octanol–water partition coefficient (Wildman–Crippen LogP) is 2.27. The maximum atomic E-state index is 5.62. The zero-order valence-electron chi connectivity index (χ0n) is 12.2. The zero-order chi connectivity index (χ0) is 12.8. The minimum atomic E-state index is 0.482. The molecule has 0 aromatic heterocycles. The summed E-state index contributed by atoms with van der Waals surface area (Å²) in [4.78, 5) is 2.68. The van der Waals surface area contributed by atoms with Gasteiger partial charge in [0.2, 0.25) is 0 Å². The molecule has 1 atom stereocenters. The van der Waals surface area contributed by atoms with Crippen LogP contribution in [0, 0.1) is 5.92 Å². The van der Waals surface area contributed by atoms with Crippen molar-refractivity contribution in [1.82, 2.24) is 10.2 Å². The van der Waals surface area contributed by atoms with E-state index in [9.17, 15) is 0 Å². The fraction of sp³-hybridized carbons (Fsp3) is 1.00. The third-order valence-corrected chi connectivity index (χ3v) is 4.03. The van der Waals surface area contributed by atoms with Crippen LogP contribution in [0.2, 0.25) is 0 Å². The Morgan fingerprint density at radius 3 is 2.67 bits per heavy atom. The molecule has 0 radical (unpaired) electrons. The van der Waals surface area contributed by atoms with E-state index in [2.05, 4.69) is 24.1 Å². The van der Waals surface area contributed by atoms with Crippen molar-refractivity contribution in [3.05, 3.63) is 0 Å². The first-order chi connectivity index (χ1) is 8.75. The monoisotopic (exact) mass is 254 g/mol. The second-order valence-electron chi connectivity index (χ2n) is 6.29. The lowest BCUT2D eigenvalue weighted by Gasteiger charge is -2.23. The van der Waals surface area contributed by atoms with Crippen molar-refractivity contribution in [2.75, 3.05) is 32.8 Å². The molecular formula is C15H30N2O. The van der Waals surface area contributed by atoms with Crippen LogP contribution in [0.1, 0.15) is 46.0 Å². The van der Waals surface area contributed by atoms with Gasteiger partial charge in [0.05, 0.1) is 6.10 Å². The Hall–Kier alpha value is -0.120. The summed E-state index contributed by atoms with van der Waals surface area (Å²) < 4.78 is 5.62. The smallest absolute Gasteiger partial charge is 0.0700 e. The van der Waals surface area contributed by atoms with Crippen LogP contribution in [0.25, 0.3) is 0 Å². The molecule has 2 aliphatic rings. The van der Waals surface area contributed by atoms with E-state index in [0.717, 1.165) is 31.7 Å². The van der Waals surface area contributed by atoms with Crippen molar-refractivity contribution in [3.8, 4) is 0 Å². The topological polar surface area (TPSA) is 24.5 Å². The molecule has 0 aromatic rings. The third kappa shape index (κ3) is 5.25. The quantitative estimate of drug-likeness (QED) is 0.639. The Labute approximate surface area is 112 Å². The van der Waals surface area contributed by atoms with Gasteiger partial charge in [0.15, 0.2) is 0 Å². The molecule has 1 unspecified atom stereocenters. The first-order valence-corrected chi connectivity index (χ1v) is 7.82. The molecule has 1 aliphatic heterocycles. The van der Waals surface area contributed by atoms with E-state index in [4.69, 9.17) is 4.74 Å². The highest BCUT2D eigenvalue weighted by Gasteiger charge is 2.28. The average molecular weight is 254 g/mol. The van der Waals surface area contributed by atoms with Gasteiger partial charge in [-0.25, -0.2) is 0 Å². The molecule has 0 aromatic carbocycles. The molecule has 0 amide bonds. The molecule has 106 valence electrons. The van der Waals surface area contributed by atoms with E-state index < -0.39 is 0 Å². The van der Waals surface area contributed by atoms with E-state index in [1.807, 2.05) is 0 Å². The Balaban J connectivity index is 1.54. The van der Waals surface area contributed by atoms with Gasteiger partial charge in [-0.2, -0.15) is 0 Å². The Morgan fingerprint density at radius 1 is 1.22 bits per heavy atom. The lowest BCUT2D eigenvalue weighted by molar-refractivity contribution is 0.109. The van der Waals surface area contributed by atoms with Gasteiger partial charge >= 0.3 is 0 Å². The van der Waals surface area contributed by atoms with Gasteiger partial charge in [-0.1, -0.05) is 13.8 Å². The number of hydrogen-bond donors (Lipinski definition) is 1. The molecule has 18 heavy (non-hydrogen) atoms. The van der Waals surface area contributed by atoms with Crippen LogP contribution < -0.4 is 5.32 Å². The van der Waals surface area contributed by atoms with Gasteiger partial charge in [-0.15, -0.1) is 0 Å². The van der Waals surface area contributed by atoms with Crippen LogP contribution in [-0.2, 0) is 4.74 Å². The first kappa shape index (κ1) is 14.3. The van der Waals surface area contributed by atoms with Gasteiger partial charge in [-0.3, -0.25) is 4.90 Å². The van der Waals surface area contributed by atoms with Crippen molar-refractivity contribution >= 4 is 0 Å². The molecule has 2 fully saturated rings. The molecule has 0 spiro atoms. The molecule has 3 heteroatoms. The predicted molar refractivity (Wildman–Crippen MR) is 75.9 cm³/mol. The van der Waals surface area contributed by atoms with Crippen molar-refractivity contribution in [2.24, 2.45) is 5.92 Å². The number of hydrogen-bond acceptors (Lipinski definition) is 3. The normalized spacial score (nSPS) is 24.3. The summed E-state index contributed by atoms with van der Waals surface area (Å²) in [5.74, 6) is 0.825. The standard InChI is InChI=1S/C15H30N2O/c1-13(2)7-9-17(14-5-6-14)10-8-16-12-15-4-3-11-18-15/h13-16H,3-12H2,1-2H3. The second kappa shape index (κ2) is 7.46. The van der Waals surface area contributed by atoms with Crippen molar-refractivity contribution in [2.45, 2.75) is 58.1 Å². The van der Waals surface area contributed by atoms with Gasteiger partial charge in [0.25, 0.3) is 0 Å². The van der Waals surface area contributed by atoms with Gasteiger partial charge in [-0.05, 0) is 44.6 Å². The van der Waals surface area contributed by atoms with Crippen molar-refractivity contribution in [1.29, 1.82) is 0 Å². The highest BCUT2D eigenvalue weighted by Crippen LogP contribution is 2.26. The Kier molecular flexibility index (Phi) is 5.93. The van der Waals surface area contributed by atoms with Crippen LogP contribution in [0.5, 0.6) is 0 Å². The largest absolute Gasteiger partial charge is 0.377 e. The maximum Gasteiger partial charge on any atom is 0.0700 e. The summed E-state index contributed by atoms with van der Waals surface area (Å²) in [5, 5.41) is 3.56. The van der Waals surface area contributed by atoms with E-state index >= 15 is 0 Å². The lowest BCUT2D eigenvalue weighted by atomic mass is 10.1. The van der Waals surface area contributed by atoms with E-state index in [1.165, 1.54) is 45.2 Å². The van der Waals surface area contributed by atoms with Gasteiger partial charge in [0.1, 0.15) is 0 Å². The van der Waals surface area contributed by atoms with Gasteiger partial charge < -0.3 is 10.1 Å². The number of nitrogens with zero attached hydrogens (tertiary/aromatic N) is 1. The highest BCUT2D eigenvalue weighted by molar-refractivity contribution is 4.85. The van der Waals surface area contributed by atoms with Crippen molar-refractivity contribution in [3.63, 3.8) is 0 Å². The minimum absolute atomic E-state index is 0.482. The number of nitrogens with one attached hydrogen (secondary N) is 1. The molecule has 1 N–H and O–H groups in total. The van der Waals surface area contributed by atoms with Crippen LogP contribution in [0.15, 0.2) is 0 Å². The van der Waals surface area contributed by atoms with E-state index in [-0.39, 0.29) is 0 Å². The summed E-state index contributed by atoms with van der Waals surface area (Å²) in [6.07, 6.45) is 7.15. The summed E-state index contributed by atoms with van der Waals surface area (Å²) >= 11 is 0. The summed E-state index contributed by atoms with van der Waals surface area (Å²) in [5.41, 5.74) is 0. The Bertz CT molecular complexity index is 223. The zero-order valence-corrected chi connectivity index (χ0v) is 12.2. The van der Waals surface area contributed by atoms with Crippen LogP contribution in [0.4, 0.5) is 0 Å². The average Bonchev–Trinajstić information content (AvgIpc) is 3.05. The SMILES string of the molecule is CC(C)CCN(CCNCC1CCCO1)C1CC1. The molecule has 1 aliphatic carbocycles. The molecule has 2 rings (SSSR count). The minimum Gasteiger partial charge on any atom is -0.377 e. The van der Waals surface area contributed by atoms with Gasteiger partial charge in [0, 0.05) is 32.3 Å². The molecule has 1 saturated heterocycles. The van der Waals surface area contributed by atoms with Crippen molar-refractivity contribution < 1.29 is 4.74 Å². The summed E-state index contributed by atoms with van der Waals surface area (Å²) in [7, 11) is 0. The van der Waals surface area contributed by atoms with Crippen LogP contribution >= 0.6 is 0 Å². The number of rotatable bonds is 9. The summed E-state index contributed by atoms with van der Waals surface area (Å²) in [6.45, 7) is 10.3.